The van der Waals surface area contributed by atoms with Crippen molar-refractivity contribution >= 4 is 6.29 Å². The molecule has 1 atom stereocenters. The van der Waals surface area contributed by atoms with Gasteiger partial charge in [-0.2, -0.15) is 0 Å². The van der Waals surface area contributed by atoms with Crippen LogP contribution in [0, 0.1) is 12.3 Å². The van der Waals surface area contributed by atoms with Crippen molar-refractivity contribution in [2.24, 2.45) is 5.41 Å². The molecule has 0 fully saturated rings. The number of aromatic nitrogens is 1. The largest absolute Gasteiger partial charge is 0.388 e. The van der Waals surface area contributed by atoms with Gasteiger partial charge in [-0.25, -0.2) is 0 Å². The Balaban J connectivity index is 0.00000112. The molecule has 0 aromatic carbocycles. The van der Waals surface area contributed by atoms with Gasteiger partial charge in [-0.05, 0) is 36.7 Å². The fourth-order valence-corrected chi connectivity index (χ4v) is 3.14. The molecular formula is C20H35NO2. The van der Waals surface area contributed by atoms with Crippen LogP contribution in [0.3, 0.4) is 0 Å². The molecule has 0 spiro atoms. The van der Waals surface area contributed by atoms with E-state index in [4.69, 9.17) is 4.98 Å². The Morgan fingerprint density at radius 1 is 1.22 bits per heavy atom. The maximum Gasteiger partial charge on any atom is 0.152 e. The van der Waals surface area contributed by atoms with Crippen LogP contribution in [-0.4, -0.2) is 16.4 Å². The Morgan fingerprint density at radius 3 is 2.17 bits per heavy atom. The van der Waals surface area contributed by atoms with Crippen molar-refractivity contribution < 1.29 is 9.90 Å². The third-order valence-electron chi connectivity index (χ3n) is 4.04. The maximum absolute atomic E-state index is 11.4. The van der Waals surface area contributed by atoms with Gasteiger partial charge in [-0.15, -0.1) is 0 Å². The molecule has 3 heteroatoms. The van der Waals surface area contributed by atoms with Crippen LogP contribution in [0.25, 0.3) is 0 Å². The van der Waals surface area contributed by atoms with Crippen LogP contribution in [0.15, 0.2) is 0 Å². The van der Waals surface area contributed by atoms with Crippen molar-refractivity contribution in [2.75, 3.05) is 0 Å². The molecule has 132 valence electrons. The van der Waals surface area contributed by atoms with Crippen LogP contribution in [0.2, 0.25) is 0 Å². The molecule has 1 N–H and O–H groups in total. The minimum atomic E-state index is -0.508. The molecule has 1 aliphatic rings. The fourth-order valence-electron chi connectivity index (χ4n) is 3.14. The summed E-state index contributed by atoms with van der Waals surface area (Å²) in [6.45, 7) is 18.3. The minimum absolute atomic E-state index is 0.0583. The fraction of sp³-hybridized carbons (Fsp3) is 0.700. The highest BCUT2D eigenvalue weighted by atomic mass is 16.3. The van der Waals surface area contributed by atoms with E-state index in [9.17, 15) is 9.90 Å². The summed E-state index contributed by atoms with van der Waals surface area (Å²) in [6.07, 6.45) is 1.96. The summed E-state index contributed by atoms with van der Waals surface area (Å²) >= 11 is 0. The van der Waals surface area contributed by atoms with Crippen molar-refractivity contribution in [1.82, 2.24) is 4.98 Å². The zero-order chi connectivity index (χ0) is 18.4. The Bertz CT molecular complexity index is 519. The lowest BCUT2D eigenvalue weighted by Crippen LogP contribution is -2.28. The summed E-state index contributed by atoms with van der Waals surface area (Å²) in [4.78, 5) is 16.0. The van der Waals surface area contributed by atoms with E-state index in [2.05, 4.69) is 13.8 Å². The number of hydrogen-bond donors (Lipinski definition) is 1. The maximum atomic E-state index is 11.4. The van der Waals surface area contributed by atoms with Gasteiger partial charge in [0.2, 0.25) is 0 Å². The summed E-state index contributed by atoms with van der Waals surface area (Å²) in [7, 11) is 0. The Morgan fingerprint density at radius 2 is 1.74 bits per heavy atom. The molecule has 1 aromatic heterocycles. The average Bonchev–Trinajstić information content (AvgIpc) is 2.49. The van der Waals surface area contributed by atoms with Gasteiger partial charge in [0.05, 0.1) is 11.8 Å². The molecule has 23 heavy (non-hydrogen) atoms. The van der Waals surface area contributed by atoms with Gasteiger partial charge in [-0.1, -0.05) is 55.4 Å². The summed E-state index contributed by atoms with van der Waals surface area (Å²) in [6, 6.07) is 0. The van der Waals surface area contributed by atoms with E-state index in [-0.39, 0.29) is 11.3 Å². The van der Waals surface area contributed by atoms with Crippen LogP contribution in [-0.2, 0) is 6.42 Å². The first-order chi connectivity index (χ1) is 10.8. The molecule has 0 saturated carbocycles. The van der Waals surface area contributed by atoms with E-state index in [0.717, 1.165) is 41.6 Å². The molecule has 1 heterocycles. The number of carbonyl (C=O) groups is 1. The van der Waals surface area contributed by atoms with Crippen LogP contribution in [0.1, 0.15) is 107 Å². The van der Waals surface area contributed by atoms with Crippen molar-refractivity contribution in [3.63, 3.8) is 0 Å². The molecule has 1 unspecified atom stereocenters. The Labute approximate surface area is 142 Å². The molecule has 0 bridgehead atoms. The van der Waals surface area contributed by atoms with Crippen LogP contribution >= 0.6 is 0 Å². The monoisotopic (exact) mass is 321 g/mol. The first-order valence-electron chi connectivity index (χ1n) is 8.93. The molecule has 3 nitrogen and oxygen atoms in total. The summed E-state index contributed by atoms with van der Waals surface area (Å²) in [5.74, 6) is 0.214. The predicted molar refractivity (Wildman–Crippen MR) is 98.2 cm³/mol. The minimum Gasteiger partial charge on any atom is -0.388 e. The number of nitrogens with zero attached hydrogens (tertiary/aromatic N) is 1. The lowest BCUT2D eigenvalue weighted by atomic mass is 9.73. The van der Waals surface area contributed by atoms with E-state index >= 15 is 0 Å². The van der Waals surface area contributed by atoms with Gasteiger partial charge >= 0.3 is 0 Å². The quantitative estimate of drug-likeness (QED) is 0.743. The smallest absolute Gasteiger partial charge is 0.152 e. The predicted octanol–water partition coefficient (Wildman–Crippen LogP) is 5.38. The van der Waals surface area contributed by atoms with E-state index in [1.807, 2.05) is 48.5 Å². The number of rotatable bonds is 2. The molecule has 2 rings (SSSR count). The van der Waals surface area contributed by atoms with Crippen LogP contribution in [0.4, 0.5) is 0 Å². The number of pyridine rings is 1. The van der Waals surface area contributed by atoms with Crippen LogP contribution < -0.4 is 0 Å². The Kier molecular flexibility index (Phi) is 8.68. The first-order valence-corrected chi connectivity index (χ1v) is 8.93. The van der Waals surface area contributed by atoms with Gasteiger partial charge in [0, 0.05) is 16.8 Å². The van der Waals surface area contributed by atoms with Crippen molar-refractivity contribution in [2.45, 2.75) is 87.2 Å². The van der Waals surface area contributed by atoms with Gasteiger partial charge in [0.25, 0.3) is 0 Å². The number of fused-ring (bicyclic) bond motifs is 1. The molecular weight excluding hydrogens is 286 g/mol. The third-order valence-corrected chi connectivity index (χ3v) is 4.04. The van der Waals surface area contributed by atoms with Crippen molar-refractivity contribution in [3.8, 4) is 0 Å². The Hall–Kier alpha value is -1.22. The first kappa shape index (κ1) is 21.8. The van der Waals surface area contributed by atoms with Gasteiger partial charge in [0.15, 0.2) is 6.29 Å². The van der Waals surface area contributed by atoms with Gasteiger partial charge < -0.3 is 5.11 Å². The highest BCUT2D eigenvalue weighted by molar-refractivity contribution is 5.80. The normalized spacial score (nSPS) is 18.1. The molecule has 0 saturated heterocycles. The summed E-state index contributed by atoms with van der Waals surface area (Å²) in [5.41, 5.74) is 4.33. The van der Waals surface area contributed by atoms with Gasteiger partial charge in [-0.3, -0.25) is 9.78 Å². The lowest BCUT2D eigenvalue weighted by molar-refractivity contribution is 0.0971. The highest BCUT2D eigenvalue weighted by Gasteiger charge is 2.34. The molecule has 0 amide bonds. The molecule has 1 aliphatic carbocycles. The standard InChI is InChI=1S/C16H23NO2.2C2H6/c1-9(2)15-11(8-18)10(3)14-12(17-15)6-16(4,5)7-13(14)19;2*1-2/h8-9,13,19H,6-7H2,1-5H3;2*1-2H3. The number of aldehydes is 1. The highest BCUT2D eigenvalue weighted by Crippen LogP contribution is 2.42. The lowest BCUT2D eigenvalue weighted by Gasteiger charge is -2.35. The number of carbonyl (C=O) groups excluding carboxylic acids is 1. The topological polar surface area (TPSA) is 50.2 Å². The zero-order valence-electron chi connectivity index (χ0n) is 16.4. The second-order valence-electron chi connectivity index (χ2n) is 6.73. The summed E-state index contributed by atoms with van der Waals surface area (Å²) in [5, 5.41) is 10.4. The average molecular weight is 322 g/mol. The second kappa shape index (κ2) is 9.17. The van der Waals surface area contributed by atoms with Crippen LogP contribution in [0.5, 0.6) is 0 Å². The molecule has 0 aliphatic heterocycles. The van der Waals surface area contributed by atoms with E-state index < -0.39 is 6.10 Å². The second-order valence-corrected chi connectivity index (χ2v) is 6.73. The van der Waals surface area contributed by atoms with E-state index in [0.29, 0.717) is 5.56 Å². The zero-order valence-corrected chi connectivity index (χ0v) is 16.4. The van der Waals surface area contributed by atoms with Crippen molar-refractivity contribution in [1.29, 1.82) is 0 Å². The third kappa shape index (κ3) is 4.87. The van der Waals surface area contributed by atoms with E-state index in [1.54, 1.807) is 0 Å². The summed E-state index contributed by atoms with van der Waals surface area (Å²) < 4.78 is 0. The number of hydrogen-bond acceptors (Lipinski definition) is 3. The number of aliphatic hydroxyl groups is 1. The van der Waals surface area contributed by atoms with Crippen molar-refractivity contribution in [3.05, 3.63) is 28.1 Å². The molecule has 0 radical (unpaired) electrons. The number of aliphatic hydroxyl groups excluding tert-OH is 1. The SMILES string of the molecule is CC.CC.Cc1c(C=O)c(C(C)C)nc2c1C(O)CC(C)(C)C2. The van der Waals surface area contributed by atoms with E-state index in [1.165, 1.54) is 0 Å². The van der Waals surface area contributed by atoms with Gasteiger partial charge in [0.1, 0.15) is 0 Å². The molecule has 1 aromatic rings.